The van der Waals surface area contributed by atoms with Crippen molar-refractivity contribution in [2.24, 2.45) is 16.7 Å². The third-order valence-electron chi connectivity index (χ3n) is 9.02. The Balaban J connectivity index is 1.35. The predicted octanol–water partition coefficient (Wildman–Crippen LogP) is 6.86. The summed E-state index contributed by atoms with van der Waals surface area (Å²) in [6.07, 6.45) is 2.99. The minimum Gasteiger partial charge on any atom is -0.392 e. The number of nitrogens with one attached hydrogen (secondary N) is 1. The quantitative estimate of drug-likeness (QED) is 0.330. The SMILES string of the molecule is CC1C(CN2CC3(C)CC2CC(C)(C)C3)OC(c2ccc(CNC(=O)C(Cl)(Cl)Cl)cc2)OC1c1ccc(CO)cc1. The van der Waals surface area contributed by atoms with Crippen LogP contribution >= 0.6 is 34.8 Å². The zero-order chi connectivity index (χ0) is 29.6. The second-order valence-corrected chi connectivity index (χ2v) is 15.7. The summed E-state index contributed by atoms with van der Waals surface area (Å²) in [6.45, 7) is 11.7. The Morgan fingerprint density at radius 1 is 1.00 bits per heavy atom. The first-order chi connectivity index (χ1) is 19.2. The lowest BCUT2D eigenvalue weighted by molar-refractivity contribution is -0.276. The molecule has 0 radical (unpaired) electrons. The molecule has 2 saturated heterocycles. The van der Waals surface area contributed by atoms with E-state index in [4.69, 9.17) is 44.3 Å². The number of aliphatic hydroxyl groups excluding tert-OH is 1. The fourth-order valence-corrected chi connectivity index (χ4v) is 7.63. The molecule has 0 aromatic heterocycles. The van der Waals surface area contributed by atoms with Gasteiger partial charge in [0, 0.05) is 37.2 Å². The molecule has 2 bridgehead atoms. The average Bonchev–Trinajstić information content (AvgIpc) is 3.15. The molecule has 0 spiro atoms. The van der Waals surface area contributed by atoms with Crippen molar-refractivity contribution in [1.82, 2.24) is 10.2 Å². The number of rotatable bonds is 7. The van der Waals surface area contributed by atoms with Crippen LogP contribution in [0.3, 0.4) is 0 Å². The molecule has 9 heteroatoms. The average molecular weight is 624 g/mol. The van der Waals surface area contributed by atoms with Gasteiger partial charge in [-0.1, -0.05) is 111 Å². The number of benzene rings is 2. The zero-order valence-electron chi connectivity index (χ0n) is 24.2. The van der Waals surface area contributed by atoms with Gasteiger partial charge in [0.05, 0.1) is 18.8 Å². The van der Waals surface area contributed by atoms with Crippen molar-refractivity contribution in [2.75, 3.05) is 13.1 Å². The Kier molecular flexibility index (Phi) is 9.05. The van der Waals surface area contributed by atoms with E-state index in [0.717, 1.165) is 35.3 Å². The molecule has 6 atom stereocenters. The zero-order valence-corrected chi connectivity index (χ0v) is 26.5. The van der Waals surface area contributed by atoms with E-state index in [-0.39, 0.29) is 31.3 Å². The van der Waals surface area contributed by atoms with Crippen LogP contribution in [-0.2, 0) is 27.4 Å². The number of halogens is 3. The van der Waals surface area contributed by atoms with E-state index in [0.29, 0.717) is 16.9 Å². The van der Waals surface area contributed by atoms with Gasteiger partial charge in [-0.15, -0.1) is 0 Å². The molecule has 6 unspecified atom stereocenters. The Labute approximate surface area is 258 Å². The van der Waals surface area contributed by atoms with E-state index in [1.54, 1.807) is 0 Å². The summed E-state index contributed by atoms with van der Waals surface area (Å²) in [4.78, 5) is 14.6. The van der Waals surface area contributed by atoms with Crippen molar-refractivity contribution in [1.29, 1.82) is 0 Å². The summed E-state index contributed by atoms with van der Waals surface area (Å²) in [7, 11) is 0. The molecule has 2 aliphatic heterocycles. The first-order valence-electron chi connectivity index (χ1n) is 14.4. The van der Waals surface area contributed by atoms with Crippen LogP contribution in [0.1, 0.15) is 81.6 Å². The second kappa shape index (κ2) is 12.0. The van der Waals surface area contributed by atoms with Gasteiger partial charge in [0.1, 0.15) is 0 Å². The van der Waals surface area contributed by atoms with Gasteiger partial charge in [0.15, 0.2) is 6.29 Å². The summed E-state index contributed by atoms with van der Waals surface area (Å²) in [6, 6.07) is 16.4. The van der Waals surface area contributed by atoms with Gasteiger partial charge in [0.2, 0.25) is 0 Å². The smallest absolute Gasteiger partial charge is 0.272 e. The Morgan fingerprint density at radius 2 is 1.63 bits per heavy atom. The molecule has 1 aliphatic carbocycles. The van der Waals surface area contributed by atoms with Crippen LogP contribution in [0.4, 0.5) is 0 Å². The number of hydrogen-bond acceptors (Lipinski definition) is 5. The first kappa shape index (κ1) is 31.1. The predicted molar refractivity (Wildman–Crippen MR) is 163 cm³/mol. The molecular formula is C32H41Cl3N2O4. The minimum atomic E-state index is -2.00. The van der Waals surface area contributed by atoms with Crippen LogP contribution in [-0.4, -0.2) is 44.9 Å². The number of carbonyl (C=O) groups is 1. The van der Waals surface area contributed by atoms with Crippen LogP contribution < -0.4 is 5.32 Å². The van der Waals surface area contributed by atoms with Crippen molar-refractivity contribution in [3.05, 3.63) is 70.8 Å². The number of alkyl halides is 3. The fourth-order valence-electron chi connectivity index (χ4n) is 7.42. The highest BCUT2D eigenvalue weighted by molar-refractivity contribution is 6.76. The minimum absolute atomic E-state index is 0.00957. The van der Waals surface area contributed by atoms with Crippen LogP contribution in [0.25, 0.3) is 0 Å². The van der Waals surface area contributed by atoms with Gasteiger partial charge in [-0.05, 0) is 46.8 Å². The van der Waals surface area contributed by atoms with Crippen molar-refractivity contribution < 1.29 is 19.4 Å². The number of carbonyl (C=O) groups excluding carboxylic acids is 1. The molecule has 6 nitrogen and oxygen atoms in total. The molecule has 2 aromatic carbocycles. The van der Waals surface area contributed by atoms with Crippen LogP contribution in [0, 0.1) is 16.7 Å². The highest BCUT2D eigenvalue weighted by Crippen LogP contribution is 2.53. The molecule has 41 heavy (non-hydrogen) atoms. The van der Waals surface area contributed by atoms with Crippen molar-refractivity contribution in [2.45, 2.75) is 88.4 Å². The molecule has 224 valence electrons. The van der Waals surface area contributed by atoms with Crippen molar-refractivity contribution in [3.63, 3.8) is 0 Å². The van der Waals surface area contributed by atoms with Crippen molar-refractivity contribution in [3.8, 4) is 0 Å². The molecular weight excluding hydrogens is 583 g/mol. The van der Waals surface area contributed by atoms with Gasteiger partial charge in [0.25, 0.3) is 9.70 Å². The molecule has 1 amide bonds. The number of likely N-dealkylation sites (tertiary alicyclic amines) is 1. The highest BCUT2D eigenvalue weighted by Gasteiger charge is 2.51. The molecule has 2 N–H and O–H groups in total. The fraction of sp³-hybridized carbons (Fsp3) is 0.594. The topological polar surface area (TPSA) is 71.0 Å². The van der Waals surface area contributed by atoms with E-state index in [1.807, 2.05) is 36.4 Å². The third kappa shape index (κ3) is 7.23. The summed E-state index contributed by atoms with van der Waals surface area (Å²) < 4.78 is 11.4. The molecule has 2 aromatic rings. The maximum atomic E-state index is 11.9. The third-order valence-corrected chi connectivity index (χ3v) is 9.54. The molecule has 3 fully saturated rings. The molecule has 5 rings (SSSR count). The van der Waals surface area contributed by atoms with E-state index in [1.165, 1.54) is 19.3 Å². The maximum absolute atomic E-state index is 11.9. The van der Waals surface area contributed by atoms with E-state index >= 15 is 0 Å². The lowest BCUT2D eigenvalue weighted by Gasteiger charge is -2.43. The monoisotopic (exact) mass is 622 g/mol. The number of hydrogen-bond donors (Lipinski definition) is 2. The number of amides is 1. The maximum Gasteiger partial charge on any atom is 0.272 e. The second-order valence-electron chi connectivity index (χ2n) is 13.4. The summed E-state index contributed by atoms with van der Waals surface area (Å²) in [5, 5.41) is 12.2. The number of ether oxygens (including phenoxy) is 2. The standard InChI is InChI=1S/C32H41Cl3N2O4/c1-20-26(16-37-19-31(4)14-25(37)13-30(2,3)18-31)40-28(41-27(20)23-9-7-22(17-38)8-10-23)24-11-5-21(6-12-24)15-36-29(39)32(33,34)35/h5-12,20,25-28,38H,13-19H2,1-4H3,(H,36,39). The summed E-state index contributed by atoms with van der Waals surface area (Å²) in [5.41, 5.74) is 4.43. The first-order valence-corrected chi connectivity index (χ1v) is 15.6. The lowest BCUT2D eigenvalue weighted by Crippen LogP contribution is -2.46. The van der Waals surface area contributed by atoms with Crippen LogP contribution in [0.5, 0.6) is 0 Å². The number of aliphatic hydroxyl groups is 1. The van der Waals surface area contributed by atoms with Gasteiger partial charge in [-0.2, -0.15) is 0 Å². The summed E-state index contributed by atoms with van der Waals surface area (Å²) >= 11 is 17.0. The molecule has 3 aliphatic rings. The molecule has 2 heterocycles. The highest BCUT2D eigenvalue weighted by atomic mass is 35.6. The van der Waals surface area contributed by atoms with Crippen molar-refractivity contribution >= 4 is 40.7 Å². The summed E-state index contributed by atoms with van der Waals surface area (Å²) in [5.74, 6) is -0.537. The van der Waals surface area contributed by atoms with Gasteiger partial charge >= 0.3 is 0 Å². The Bertz CT molecular complexity index is 1220. The van der Waals surface area contributed by atoms with E-state index in [2.05, 4.69) is 50.0 Å². The normalized spacial score (nSPS) is 31.7. The van der Waals surface area contributed by atoms with Gasteiger partial charge in [-0.3, -0.25) is 9.69 Å². The number of nitrogens with zero attached hydrogens (tertiary/aromatic N) is 1. The van der Waals surface area contributed by atoms with Crippen LogP contribution in [0.2, 0.25) is 0 Å². The lowest BCUT2D eigenvalue weighted by atomic mass is 9.65. The van der Waals surface area contributed by atoms with Gasteiger partial charge < -0.3 is 19.9 Å². The Morgan fingerprint density at radius 3 is 2.27 bits per heavy atom. The largest absolute Gasteiger partial charge is 0.392 e. The van der Waals surface area contributed by atoms with Gasteiger partial charge in [-0.25, -0.2) is 0 Å². The van der Waals surface area contributed by atoms with Crippen LogP contribution in [0.15, 0.2) is 48.5 Å². The molecule has 1 saturated carbocycles. The Hall–Kier alpha value is -1.38. The van der Waals surface area contributed by atoms with E-state index in [9.17, 15) is 9.90 Å². The number of fused-ring (bicyclic) bond motifs is 2. The van der Waals surface area contributed by atoms with E-state index < -0.39 is 16.0 Å².